The van der Waals surface area contributed by atoms with Crippen LogP contribution in [0.1, 0.15) is 33.7 Å². The van der Waals surface area contributed by atoms with Crippen molar-refractivity contribution >= 4 is 17.5 Å². The van der Waals surface area contributed by atoms with E-state index in [1.165, 1.54) is 12.1 Å². The van der Waals surface area contributed by atoms with Crippen LogP contribution in [0.3, 0.4) is 0 Å². The Balaban J connectivity index is 1.28. The Hall–Kier alpha value is -3.68. The van der Waals surface area contributed by atoms with Gasteiger partial charge in [0.05, 0.1) is 11.3 Å². The zero-order chi connectivity index (χ0) is 22.9. The number of aromatic nitrogens is 2. The molecule has 7 nitrogen and oxygen atoms in total. The largest absolute Gasteiger partial charge is 0.490 e. The number of para-hydroxylation sites is 1. The van der Waals surface area contributed by atoms with Gasteiger partial charge in [-0.25, -0.2) is 4.39 Å². The average Bonchev–Trinajstić information content (AvgIpc) is 3.51. The van der Waals surface area contributed by atoms with E-state index in [2.05, 4.69) is 10.4 Å². The molecule has 0 bridgehead atoms. The fourth-order valence-corrected chi connectivity index (χ4v) is 4.91. The summed E-state index contributed by atoms with van der Waals surface area (Å²) in [7, 11) is 1.74. The lowest BCUT2D eigenvalue weighted by Gasteiger charge is -2.23. The summed E-state index contributed by atoms with van der Waals surface area (Å²) in [6.07, 6.45) is 3.50. The van der Waals surface area contributed by atoms with Crippen molar-refractivity contribution < 1.29 is 18.7 Å². The molecule has 0 spiro atoms. The third-order valence-electron chi connectivity index (χ3n) is 6.51. The Morgan fingerprint density at radius 3 is 2.73 bits per heavy atom. The highest BCUT2D eigenvalue weighted by molar-refractivity contribution is 6.08. The highest BCUT2D eigenvalue weighted by atomic mass is 19.1. The summed E-state index contributed by atoms with van der Waals surface area (Å²) in [5.74, 6) is 0.265. The summed E-state index contributed by atoms with van der Waals surface area (Å²) in [4.78, 5) is 27.8. The lowest BCUT2D eigenvalue weighted by atomic mass is 9.99. The van der Waals surface area contributed by atoms with Crippen molar-refractivity contribution in [1.82, 2.24) is 14.7 Å². The number of anilines is 1. The van der Waals surface area contributed by atoms with Gasteiger partial charge in [0.2, 0.25) is 0 Å². The Morgan fingerprint density at radius 1 is 1.09 bits per heavy atom. The van der Waals surface area contributed by atoms with Crippen molar-refractivity contribution in [3.8, 4) is 5.75 Å². The number of carbonyl (C=O) groups excluding carboxylic acids is 2. The number of amides is 2. The van der Waals surface area contributed by atoms with Crippen molar-refractivity contribution in [3.63, 3.8) is 0 Å². The Bertz CT molecular complexity index is 1190. The minimum Gasteiger partial charge on any atom is -0.490 e. The molecule has 33 heavy (non-hydrogen) atoms. The van der Waals surface area contributed by atoms with E-state index in [9.17, 15) is 14.0 Å². The smallest absolute Gasteiger partial charge is 0.276 e. The van der Waals surface area contributed by atoms with Crippen LogP contribution in [0.2, 0.25) is 0 Å². The van der Waals surface area contributed by atoms with Gasteiger partial charge in [0, 0.05) is 38.3 Å². The van der Waals surface area contributed by atoms with Gasteiger partial charge >= 0.3 is 0 Å². The van der Waals surface area contributed by atoms with Crippen molar-refractivity contribution in [2.75, 3.05) is 18.4 Å². The number of halogens is 1. The summed E-state index contributed by atoms with van der Waals surface area (Å²) in [6.45, 7) is 1.22. The summed E-state index contributed by atoms with van der Waals surface area (Å²) < 4.78 is 21.2. The molecule has 1 saturated carbocycles. The van der Waals surface area contributed by atoms with Gasteiger partial charge in [-0.2, -0.15) is 5.10 Å². The first-order chi connectivity index (χ1) is 16.0. The standard InChI is InChI=1S/C25H25FN4O3/c1-29-12-11-22(28-29)24(31)27-21-8-3-2-7-19(21)25(32)30-14-16-9-10-23(20(16)15-30)33-18-6-4-5-17(26)13-18/h2-8,11-13,16,20,23H,9-10,14-15H2,1H3,(H,27,31)/t16-,20+,23-/m0/s1. The van der Waals surface area contributed by atoms with E-state index in [1.54, 1.807) is 60.4 Å². The van der Waals surface area contributed by atoms with Gasteiger partial charge in [-0.3, -0.25) is 14.3 Å². The fraction of sp³-hybridized carbons (Fsp3) is 0.320. The number of aryl methyl sites for hydroxylation is 1. The second kappa shape index (κ2) is 8.69. The average molecular weight is 448 g/mol. The van der Waals surface area contributed by atoms with Crippen LogP contribution in [0.15, 0.2) is 60.8 Å². The maximum Gasteiger partial charge on any atom is 0.276 e. The van der Waals surface area contributed by atoms with E-state index in [0.29, 0.717) is 36.0 Å². The highest BCUT2D eigenvalue weighted by Crippen LogP contribution is 2.41. The number of likely N-dealkylation sites (tertiary alicyclic amines) is 1. The van der Waals surface area contributed by atoms with Crippen molar-refractivity contribution in [3.05, 3.63) is 77.9 Å². The van der Waals surface area contributed by atoms with Crippen LogP contribution >= 0.6 is 0 Å². The molecule has 170 valence electrons. The van der Waals surface area contributed by atoms with Crippen LogP contribution in [0.5, 0.6) is 5.75 Å². The molecule has 0 radical (unpaired) electrons. The molecular weight excluding hydrogens is 423 g/mol. The van der Waals surface area contributed by atoms with Crippen LogP contribution in [-0.4, -0.2) is 45.7 Å². The molecule has 2 aliphatic rings. The number of nitrogens with zero attached hydrogens (tertiary/aromatic N) is 3. The first-order valence-electron chi connectivity index (χ1n) is 11.1. The number of benzene rings is 2. The number of hydrogen-bond acceptors (Lipinski definition) is 4. The summed E-state index contributed by atoms with van der Waals surface area (Å²) in [5, 5.41) is 6.94. The van der Waals surface area contributed by atoms with Gasteiger partial charge < -0.3 is 15.0 Å². The lowest BCUT2D eigenvalue weighted by molar-refractivity contribution is 0.0763. The predicted molar refractivity (Wildman–Crippen MR) is 121 cm³/mol. The molecule has 0 unspecified atom stereocenters. The Labute approximate surface area is 191 Å². The van der Waals surface area contributed by atoms with Crippen LogP contribution in [-0.2, 0) is 7.05 Å². The van der Waals surface area contributed by atoms with Crippen molar-refractivity contribution in [2.45, 2.75) is 18.9 Å². The molecule has 8 heteroatoms. The Kier molecular flexibility index (Phi) is 5.58. The summed E-state index contributed by atoms with van der Waals surface area (Å²) in [6, 6.07) is 14.8. The molecule has 1 aliphatic heterocycles. The number of ether oxygens (including phenoxy) is 1. The number of rotatable bonds is 5. The van der Waals surface area contributed by atoms with Crippen LogP contribution < -0.4 is 10.1 Å². The topological polar surface area (TPSA) is 76.5 Å². The molecule has 1 aromatic heterocycles. The molecule has 2 fully saturated rings. The molecule has 3 aromatic rings. The van der Waals surface area contributed by atoms with Gasteiger partial charge in [0.15, 0.2) is 5.69 Å². The maximum atomic E-state index is 13.5. The zero-order valence-corrected chi connectivity index (χ0v) is 18.3. The molecule has 2 aromatic carbocycles. The van der Waals surface area contributed by atoms with Gasteiger partial charge in [0.1, 0.15) is 17.7 Å². The number of fused-ring (bicyclic) bond motifs is 1. The zero-order valence-electron chi connectivity index (χ0n) is 18.3. The highest BCUT2D eigenvalue weighted by Gasteiger charge is 2.45. The summed E-state index contributed by atoms with van der Waals surface area (Å²) >= 11 is 0. The molecule has 1 saturated heterocycles. The number of hydrogen-bond donors (Lipinski definition) is 1. The first-order valence-corrected chi connectivity index (χ1v) is 11.1. The van der Waals surface area contributed by atoms with E-state index >= 15 is 0 Å². The van der Waals surface area contributed by atoms with Crippen molar-refractivity contribution in [2.24, 2.45) is 18.9 Å². The van der Waals surface area contributed by atoms with Crippen LogP contribution in [0.25, 0.3) is 0 Å². The minimum atomic E-state index is -0.363. The minimum absolute atomic E-state index is 0.0475. The molecule has 5 rings (SSSR count). The third kappa shape index (κ3) is 4.33. The molecule has 3 atom stereocenters. The van der Waals surface area contributed by atoms with E-state index in [4.69, 9.17) is 4.74 Å². The molecule has 2 amide bonds. The van der Waals surface area contributed by atoms with E-state index < -0.39 is 0 Å². The molecular formula is C25H25FN4O3. The van der Waals surface area contributed by atoms with Gasteiger partial charge in [-0.15, -0.1) is 0 Å². The molecule has 1 aliphatic carbocycles. The monoisotopic (exact) mass is 448 g/mol. The maximum absolute atomic E-state index is 13.5. The van der Waals surface area contributed by atoms with E-state index in [-0.39, 0.29) is 35.3 Å². The third-order valence-corrected chi connectivity index (χ3v) is 6.51. The molecule has 1 N–H and O–H groups in total. The van der Waals surface area contributed by atoms with Gasteiger partial charge in [0.25, 0.3) is 11.8 Å². The lowest BCUT2D eigenvalue weighted by Crippen LogP contribution is -2.33. The van der Waals surface area contributed by atoms with Crippen molar-refractivity contribution in [1.29, 1.82) is 0 Å². The second-order valence-corrected chi connectivity index (χ2v) is 8.70. The fourth-order valence-electron chi connectivity index (χ4n) is 4.91. The SMILES string of the molecule is Cn1ccc(C(=O)Nc2ccccc2C(=O)N2C[C@@H]3CC[C@H](Oc4cccc(F)c4)[C@@H]3C2)n1. The summed E-state index contributed by atoms with van der Waals surface area (Å²) in [5.41, 5.74) is 1.19. The first kappa shape index (κ1) is 21.2. The van der Waals surface area contributed by atoms with Crippen LogP contribution in [0.4, 0.5) is 10.1 Å². The van der Waals surface area contributed by atoms with Gasteiger partial charge in [-0.1, -0.05) is 18.2 Å². The predicted octanol–water partition coefficient (Wildman–Crippen LogP) is 3.74. The van der Waals surface area contributed by atoms with E-state index in [0.717, 1.165) is 12.8 Å². The molecule has 2 heterocycles. The van der Waals surface area contributed by atoms with Crippen LogP contribution in [0, 0.1) is 17.7 Å². The number of nitrogens with one attached hydrogen (secondary N) is 1. The quantitative estimate of drug-likeness (QED) is 0.645. The second-order valence-electron chi connectivity index (χ2n) is 8.70. The van der Waals surface area contributed by atoms with Gasteiger partial charge in [-0.05, 0) is 49.1 Å². The normalized spacial score (nSPS) is 21.6. The Morgan fingerprint density at radius 2 is 1.94 bits per heavy atom. The van der Waals surface area contributed by atoms with E-state index in [1.807, 2.05) is 4.90 Å². The number of carbonyl (C=O) groups is 2.